The van der Waals surface area contributed by atoms with E-state index < -0.39 is 0 Å². The zero-order valence-corrected chi connectivity index (χ0v) is 7.63. The third-order valence-electron chi connectivity index (χ3n) is 2.32. The fraction of sp³-hybridized carbons (Fsp3) is 0.300. The van der Waals surface area contributed by atoms with Crippen molar-refractivity contribution in [1.29, 1.82) is 0 Å². The Balaban J connectivity index is 2.87. The van der Waals surface area contributed by atoms with Gasteiger partial charge in [-0.1, -0.05) is 0 Å². The molecule has 0 aliphatic rings. The number of pyridine rings is 1. The lowest BCUT2D eigenvalue weighted by Crippen LogP contribution is -1.90. The van der Waals surface area contributed by atoms with Crippen LogP contribution in [-0.2, 0) is 0 Å². The summed E-state index contributed by atoms with van der Waals surface area (Å²) in [5, 5.41) is 4.24. The van der Waals surface area contributed by atoms with Crippen molar-refractivity contribution in [1.82, 2.24) is 9.61 Å². The Morgan fingerprint density at radius 3 is 2.58 bits per heavy atom. The van der Waals surface area contributed by atoms with Crippen molar-refractivity contribution < 1.29 is 0 Å². The van der Waals surface area contributed by atoms with Crippen molar-refractivity contribution in [3.63, 3.8) is 0 Å². The van der Waals surface area contributed by atoms with Crippen molar-refractivity contribution in [3.05, 3.63) is 35.2 Å². The van der Waals surface area contributed by atoms with Crippen LogP contribution >= 0.6 is 0 Å². The second-order valence-corrected chi connectivity index (χ2v) is 3.30. The molecule has 0 radical (unpaired) electrons. The number of nitrogens with zero attached hydrogens (tertiary/aromatic N) is 2. The van der Waals surface area contributed by atoms with Crippen LogP contribution in [0.15, 0.2) is 18.5 Å². The van der Waals surface area contributed by atoms with Crippen molar-refractivity contribution in [2.24, 2.45) is 0 Å². The lowest BCUT2D eigenvalue weighted by Gasteiger charge is -2.00. The highest BCUT2D eigenvalue weighted by Crippen LogP contribution is 2.13. The summed E-state index contributed by atoms with van der Waals surface area (Å²) in [6, 6.07) is 2.18. The lowest BCUT2D eigenvalue weighted by molar-refractivity contribution is 0.946. The molecule has 0 aliphatic carbocycles. The van der Waals surface area contributed by atoms with Crippen molar-refractivity contribution in [2.75, 3.05) is 0 Å². The van der Waals surface area contributed by atoms with E-state index in [0.717, 1.165) is 0 Å². The number of aryl methyl sites for hydroxylation is 3. The molecular weight excluding hydrogens is 148 g/mol. The van der Waals surface area contributed by atoms with Gasteiger partial charge in [0, 0.05) is 6.20 Å². The summed E-state index contributed by atoms with van der Waals surface area (Å²) in [5.74, 6) is 0. The van der Waals surface area contributed by atoms with Crippen LogP contribution in [0.2, 0.25) is 0 Å². The van der Waals surface area contributed by atoms with Crippen LogP contribution in [0.25, 0.3) is 5.52 Å². The van der Waals surface area contributed by atoms with Crippen molar-refractivity contribution in [2.45, 2.75) is 20.8 Å². The summed E-state index contributed by atoms with van der Waals surface area (Å²) in [7, 11) is 0. The fourth-order valence-electron chi connectivity index (χ4n) is 1.34. The van der Waals surface area contributed by atoms with E-state index in [9.17, 15) is 0 Å². The molecule has 0 unspecified atom stereocenters. The maximum atomic E-state index is 4.24. The minimum atomic E-state index is 1.21. The monoisotopic (exact) mass is 160 g/mol. The Labute approximate surface area is 71.8 Å². The van der Waals surface area contributed by atoms with E-state index in [2.05, 4.69) is 38.1 Å². The highest BCUT2D eigenvalue weighted by Gasteiger charge is 2.00. The fourth-order valence-corrected chi connectivity index (χ4v) is 1.34. The SMILES string of the molecule is Cc1cc2c(C)cnn2cc1C. The van der Waals surface area contributed by atoms with Gasteiger partial charge in [0.1, 0.15) is 0 Å². The van der Waals surface area contributed by atoms with Crippen LogP contribution in [0.3, 0.4) is 0 Å². The topological polar surface area (TPSA) is 17.3 Å². The van der Waals surface area contributed by atoms with E-state index in [4.69, 9.17) is 0 Å². The first-order chi connectivity index (χ1) is 5.68. The Morgan fingerprint density at radius 1 is 1.08 bits per heavy atom. The molecule has 62 valence electrons. The highest BCUT2D eigenvalue weighted by molar-refractivity contribution is 5.55. The predicted molar refractivity (Wildman–Crippen MR) is 49.4 cm³/mol. The highest BCUT2D eigenvalue weighted by atomic mass is 15.2. The molecule has 2 aromatic heterocycles. The molecule has 0 N–H and O–H groups in total. The predicted octanol–water partition coefficient (Wildman–Crippen LogP) is 2.26. The van der Waals surface area contributed by atoms with Gasteiger partial charge in [-0.25, -0.2) is 4.52 Å². The zero-order valence-electron chi connectivity index (χ0n) is 7.63. The number of hydrogen-bond acceptors (Lipinski definition) is 1. The summed E-state index contributed by atoms with van der Waals surface area (Å²) in [6.07, 6.45) is 3.96. The van der Waals surface area contributed by atoms with E-state index in [1.807, 2.05) is 10.7 Å². The summed E-state index contributed by atoms with van der Waals surface area (Å²) in [6.45, 7) is 6.31. The average molecular weight is 160 g/mol. The van der Waals surface area contributed by atoms with Gasteiger partial charge in [-0.05, 0) is 43.5 Å². The minimum Gasteiger partial charge on any atom is -0.240 e. The summed E-state index contributed by atoms with van der Waals surface area (Å²) < 4.78 is 1.93. The minimum absolute atomic E-state index is 1.21. The Hall–Kier alpha value is -1.31. The first kappa shape index (κ1) is 7.35. The second kappa shape index (κ2) is 2.34. The molecular formula is C10H12N2. The molecule has 0 aliphatic heterocycles. The van der Waals surface area contributed by atoms with Crippen LogP contribution in [-0.4, -0.2) is 9.61 Å². The molecule has 0 spiro atoms. The standard InChI is InChI=1S/C10H12N2/c1-7-4-10-8(2)5-11-12(10)6-9(7)3/h4-6H,1-3H3. The van der Waals surface area contributed by atoms with Crippen molar-refractivity contribution >= 4 is 5.52 Å². The van der Waals surface area contributed by atoms with Crippen LogP contribution < -0.4 is 0 Å². The first-order valence-electron chi connectivity index (χ1n) is 4.09. The molecule has 2 rings (SSSR count). The molecule has 0 bridgehead atoms. The molecule has 0 saturated heterocycles. The summed E-state index contributed by atoms with van der Waals surface area (Å²) in [5.41, 5.74) is 5.05. The number of aromatic nitrogens is 2. The zero-order chi connectivity index (χ0) is 8.72. The van der Waals surface area contributed by atoms with Gasteiger partial charge >= 0.3 is 0 Å². The van der Waals surface area contributed by atoms with Gasteiger partial charge in [-0.2, -0.15) is 5.10 Å². The van der Waals surface area contributed by atoms with E-state index in [0.29, 0.717) is 0 Å². The van der Waals surface area contributed by atoms with E-state index >= 15 is 0 Å². The number of rotatable bonds is 0. The van der Waals surface area contributed by atoms with Gasteiger partial charge < -0.3 is 0 Å². The van der Waals surface area contributed by atoms with Gasteiger partial charge in [0.05, 0.1) is 11.7 Å². The Bertz CT molecular complexity index is 427. The third kappa shape index (κ3) is 0.916. The van der Waals surface area contributed by atoms with Crippen LogP contribution in [0.4, 0.5) is 0 Å². The molecule has 0 atom stereocenters. The maximum absolute atomic E-state index is 4.24. The van der Waals surface area contributed by atoms with Gasteiger partial charge in [0.25, 0.3) is 0 Å². The maximum Gasteiger partial charge on any atom is 0.0693 e. The normalized spacial score (nSPS) is 10.9. The van der Waals surface area contributed by atoms with Crippen molar-refractivity contribution in [3.8, 4) is 0 Å². The Morgan fingerprint density at radius 2 is 1.83 bits per heavy atom. The van der Waals surface area contributed by atoms with Crippen LogP contribution in [0.1, 0.15) is 16.7 Å². The van der Waals surface area contributed by atoms with E-state index in [-0.39, 0.29) is 0 Å². The number of fused-ring (bicyclic) bond motifs is 1. The smallest absolute Gasteiger partial charge is 0.0693 e. The molecule has 2 nitrogen and oxygen atoms in total. The average Bonchev–Trinajstić information content (AvgIpc) is 2.35. The van der Waals surface area contributed by atoms with E-state index in [1.54, 1.807) is 0 Å². The molecule has 0 aromatic carbocycles. The molecule has 2 heteroatoms. The van der Waals surface area contributed by atoms with Crippen LogP contribution in [0, 0.1) is 20.8 Å². The largest absolute Gasteiger partial charge is 0.240 e. The van der Waals surface area contributed by atoms with E-state index in [1.165, 1.54) is 22.2 Å². The van der Waals surface area contributed by atoms with Crippen LogP contribution in [0.5, 0.6) is 0 Å². The molecule has 0 amide bonds. The molecule has 12 heavy (non-hydrogen) atoms. The first-order valence-corrected chi connectivity index (χ1v) is 4.09. The Kier molecular flexibility index (Phi) is 1.43. The van der Waals surface area contributed by atoms with Gasteiger partial charge in [0.2, 0.25) is 0 Å². The molecule has 2 aromatic rings. The third-order valence-corrected chi connectivity index (χ3v) is 2.32. The molecule has 0 saturated carbocycles. The molecule has 0 fully saturated rings. The lowest BCUT2D eigenvalue weighted by atomic mass is 10.1. The number of hydrogen-bond donors (Lipinski definition) is 0. The molecule has 2 heterocycles. The summed E-state index contributed by atoms with van der Waals surface area (Å²) in [4.78, 5) is 0. The van der Waals surface area contributed by atoms with Gasteiger partial charge in [0.15, 0.2) is 0 Å². The van der Waals surface area contributed by atoms with Gasteiger partial charge in [-0.3, -0.25) is 0 Å². The van der Waals surface area contributed by atoms with Gasteiger partial charge in [-0.15, -0.1) is 0 Å². The second-order valence-electron chi connectivity index (χ2n) is 3.30. The quantitative estimate of drug-likeness (QED) is 0.577. The summed E-state index contributed by atoms with van der Waals surface area (Å²) >= 11 is 0.